The first-order valence-corrected chi connectivity index (χ1v) is 9.15. The van der Waals surface area contributed by atoms with Gasteiger partial charge in [-0.1, -0.05) is 6.08 Å². The normalized spacial score (nSPS) is 13.0. The quantitative estimate of drug-likeness (QED) is 0.645. The number of carbonyl (C=O) groups is 2. The summed E-state index contributed by atoms with van der Waals surface area (Å²) >= 11 is 0. The Labute approximate surface area is 178 Å². The number of methoxy groups -OCH3 is 3. The van der Waals surface area contributed by atoms with E-state index in [2.05, 4.69) is 0 Å². The van der Waals surface area contributed by atoms with Crippen molar-refractivity contribution < 1.29 is 32.9 Å². The number of benzene rings is 2. The van der Waals surface area contributed by atoms with Crippen LogP contribution < -0.4 is 14.4 Å². The predicted octanol–water partition coefficient (Wildman–Crippen LogP) is 4.12. The summed E-state index contributed by atoms with van der Waals surface area (Å²) in [4.78, 5) is 26.0. The van der Waals surface area contributed by atoms with Crippen LogP contribution >= 0.6 is 0 Å². The molecule has 1 aliphatic rings. The van der Waals surface area contributed by atoms with Crippen LogP contribution in [0, 0.1) is 5.82 Å². The summed E-state index contributed by atoms with van der Waals surface area (Å²) in [7, 11) is 3.93. The van der Waals surface area contributed by atoms with Crippen LogP contribution in [0.2, 0.25) is 0 Å². The molecule has 0 unspecified atom stereocenters. The number of ether oxygens (including phenoxy) is 4. The van der Waals surface area contributed by atoms with Gasteiger partial charge in [-0.25, -0.2) is 14.0 Å². The molecule has 0 fully saturated rings. The first kappa shape index (κ1) is 21.6. The molecular formula is C23H20FNO6. The van der Waals surface area contributed by atoms with Crippen LogP contribution in [0.1, 0.15) is 0 Å². The van der Waals surface area contributed by atoms with Gasteiger partial charge >= 0.3 is 11.9 Å². The maximum Gasteiger partial charge on any atom is 0.355 e. The Morgan fingerprint density at radius 2 is 1.55 bits per heavy atom. The molecule has 0 aliphatic carbocycles. The number of rotatable bonds is 6. The Hall–Kier alpha value is -4.07. The molecular weight excluding hydrogens is 405 g/mol. The molecule has 0 amide bonds. The van der Waals surface area contributed by atoms with E-state index < -0.39 is 17.8 Å². The largest absolute Gasteiger partial charge is 0.497 e. The van der Waals surface area contributed by atoms with Gasteiger partial charge in [0.05, 0.1) is 26.9 Å². The van der Waals surface area contributed by atoms with Crippen LogP contribution in [-0.4, -0.2) is 33.3 Å². The van der Waals surface area contributed by atoms with Gasteiger partial charge in [0.25, 0.3) is 0 Å². The molecule has 1 heterocycles. The van der Waals surface area contributed by atoms with Gasteiger partial charge in [-0.15, -0.1) is 0 Å². The monoisotopic (exact) mass is 425 g/mol. The van der Waals surface area contributed by atoms with Crippen molar-refractivity contribution in [3.63, 3.8) is 0 Å². The average molecular weight is 425 g/mol. The van der Waals surface area contributed by atoms with E-state index in [0.29, 0.717) is 11.5 Å². The van der Waals surface area contributed by atoms with Gasteiger partial charge in [0.15, 0.2) is 11.6 Å². The summed E-state index contributed by atoms with van der Waals surface area (Å²) in [6.45, 7) is 0. The number of hydrogen-bond donors (Lipinski definition) is 0. The van der Waals surface area contributed by atoms with E-state index in [1.54, 1.807) is 49.6 Å². The number of halogens is 1. The van der Waals surface area contributed by atoms with Crippen LogP contribution in [-0.2, 0) is 19.1 Å². The van der Waals surface area contributed by atoms with Crippen LogP contribution in [0.25, 0.3) is 0 Å². The number of carbonyl (C=O) groups excluding carboxylic acids is 2. The lowest BCUT2D eigenvalue weighted by Gasteiger charge is -2.23. The Morgan fingerprint density at radius 3 is 2.16 bits per heavy atom. The van der Waals surface area contributed by atoms with E-state index in [4.69, 9.17) is 18.9 Å². The number of hydrogen-bond acceptors (Lipinski definition) is 7. The fraction of sp³-hybridized carbons (Fsp3) is 0.130. The van der Waals surface area contributed by atoms with E-state index in [1.807, 2.05) is 0 Å². The van der Waals surface area contributed by atoms with Gasteiger partial charge < -0.3 is 23.8 Å². The molecule has 31 heavy (non-hydrogen) atoms. The third-order valence-corrected chi connectivity index (χ3v) is 4.37. The van der Waals surface area contributed by atoms with Gasteiger partial charge in [0, 0.05) is 18.0 Å². The molecule has 160 valence electrons. The lowest BCUT2D eigenvalue weighted by atomic mass is 10.1. The van der Waals surface area contributed by atoms with E-state index >= 15 is 0 Å². The van der Waals surface area contributed by atoms with Crippen molar-refractivity contribution in [3.05, 3.63) is 84.0 Å². The van der Waals surface area contributed by atoms with Crippen molar-refractivity contribution in [3.8, 4) is 17.2 Å². The lowest BCUT2D eigenvalue weighted by molar-refractivity contribution is -0.139. The number of esters is 2. The molecule has 2 aromatic carbocycles. The summed E-state index contributed by atoms with van der Waals surface area (Å²) in [6.07, 6.45) is 6.09. The minimum atomic E-state index is -0.782. The Morgan fingerprint density at radius 1 is 0.871 bits per heavy atom. The van der Waals surface area contributed by atoms with Crippen molar-refractivity contribution in [1.29, 1.82) is 0 Å². The zero-order valence-electron chi connectivity index (χ0n) is 17.1. The Kier molecular flexibility index (Phi) is 6.71. The molecule has 0 bridgehead atoms. The van der Waals surface area contributed by atoms with Crippen LogP contribution in [0.3, 0.4) is 0 Å². The summed E-state index contributed by atoms with van der Waals surface area (Å²) in [5.41, 5.74) is 0.141. The highest BCUT2D eigenvalue weighted by atomic mass is 19.1. The summed E-state index contributed by atoms with van der Waals surface area (Å²) < 4.78 is 35.1. The molecule has 0 radical (unpaired) electrons. The van der Waals surface area contributed by atoms with E-state index in [0.717, 1.165) is 0 Å². The van der Waals surface area contributed by atoms with E-state index in [-0.39, 0.29) is 22.7 Å². The Bertz CT molecular complexity index is 1070. The topological polar surface area (TPSA) is 74.3 Å². The second kappa shape index (κ2) is 9.62. The Balaban J connectivity index is 1.97. The van der Waals surface area contributed by atoms with Crippen molar-refractivity contribution in [1.82, 2.24) is 0 Å². The van der Waals surface area contributed by atoms with E-state index in [9.17, 15) is 14.0 Å². The van der Waals surface area contributed by atoms with Gasteiger partial charge in [-0.2, -0.15) is 0 Å². The molecule has 1 aliphatic heterocycles. The molecule has 0 N–H and O–H groups in total. The fourth-order valence-electron chi connectivity index (χ4n) is 2.86. The first-order chi connectivity index (χ1) is 15.0. The molecule has 0 saturated heterocycles. The van der Waals surface area contributed by atoms with Crippen LogP contribution in [0.4, 0.5) is 10.1 Å². The first-order valence-electron chi connectivity index (χ1n) is 9.15. The molecule has 0 atom stereocenters. The molecule has 8 heteroatoms. The average Bonchev–Trinajstić information content (AvgIpc) is 3.03. The van der Waals surface area contributed by atoms with Gasteiger partial charge in [-0.05, 0) is 48.6 Å². The van der Waals surface area contributed by atoms with Crippen LogP contribution in [0.5, 0.6) is 17.2 Å². The minimum Gasteiger partial charge on any atom is -0.497 e. The highest BCUT2D eigenvalue weighted by Gasteiger charge is 2.28. The van der Waals surface area contributed by atoms with Gasteiger partial charge in [-0.3, -0.25) is 0 Å². The summed E-state index contributed by atoms with van der Waals surface area (Å²) in [5, 5.41) is 0. The van der Waals surface area contributed by atoms with Crippen molar-refractivity contribution in [2.45, 2.75) is 0 Å². The van der Waals surface area contributed by atoms with Crippen molar-refractivity contribution in [2.75, 3.05) is 26.2 Å². The maximum absolute atomic E-state index is 14.8. The molecule has 3 rings (SSSR count). The lowest BCUT2D eigenvalue weighted by Crippen LogP contribution is -2.27. The zero-order valence-corrected chi connectivity index (χ0v) is 17.1. The fourth-order valence-corrected chi connectivity index (χ4v) is 2.86. The van der Waals surface area contributed by atoms with Crippen LogP contribution in [0.15, 0.2) is 78.2 Å². The smallest absolute Gasteiger partial charge is 0.355 e. The third-order valence-electron chi connectivity index (χ3n) is 4.37. The second-order valence-electron chi connectivity index (χ2n) is 6.21. The SMILES string of the molecule is COC(=O)C1=C(C(=O)OC)N(c2ccc(Oc3ccc(OC)cc3)c(F)c2)C=CC=C1. The molecule has 2 aromatic rings. The molecule has 0 aromatic heterocycles. The van der Waals surface area contributed by atoms with Crippen molar-refractivity contribution in [2.24, 2.45) is 0 Å². The number of anilines is 1. The molecule has 0 spiro atoms. The third kappa shape index (κ3) is 4.75. The summed E-state index contributed by atoms with van der Waals surface area (Å²) in [6, 6.07) is 10.8. The molecule has 0 saturated carbocycles. The summed E-state index contributed by atoms with van der Waals surface area (Å²) in [5.74, 6) is -1.12. The second-order valence-corrected chi connectivity index (χ2v) is 6.21. The van der Waals surface area contributed by atoms with Gasteiger partial charge in [0.1, 0.15) is 17.2 Å². The number of nitrogens with zero attached hydrogens (tertiary/aromatic N) is 1. The van der Waals surface area contributed by atoms with Gasteiger partial charge in [0.2, 0.25) is 0 Å². The standard InChI is InChI=1S/C23H20FNO6/c1-28-16-8-10-17(11-9-16)31-20-12-7-15(14-19(20)24)25-13-5-4-6-18(22(26)29-2)21(25)23(27)30-3/h4-14H,1-3H3. The highest BCUT2D eigenvalue weighted by molar-refractivity contribution is 6.05. The highest BCUT2D eigenvalue weighted by Crippen LogP contribution is 2.32. The maximum atomic E-state index is 14.8. The number of allylic oxidation sites excluding steroid dienone is 2. The minimum absolute atomic E-state index is 0.0115. The predicted molar refractivity (Wildman–Crippen MR) is 111 cm³/mol. The zero-order chi connectivity index (χ0) is 22.4. The van der Waals surface area contributed by atoms with E-state index in [1.165, 1.54) is 43.5 Å². The molecule has 7 nitrogen and oxygen atoms in total. The van der Waals surface area contributed by atoms with Crippen molar-refractivity contribution >= 4 is 17.6 Å².